The second-order valence-corrected chi connectivity index (χ2v) is 13.9. The second-order valence-electron chi connectivity index (χ2n) is 13.1. The van der Waals surface area contributed by atoms with Gasteiger partial charge in [-0.25, -0.2) is 9.59 Å². The molecule has 4 rings (SSSR count). The highest BCUT2D eigenvalue weighted by Gasteiger charge is 2.64. The zero-order valence-electron chi connectivity index (χ0n) is 28.4. The van der Waals surface area contributed by atoms with E-state index < -0.39 is 59.6 Å². The number of thiol groups is 1. The molecule has 0 unspecified atom stereocenters. The number of benzene rings is 1. The summed E-state index contributed by atoms with van der Waals surface area (Å²) in [6.07, 6.45) is 2.85. The maximum absolute atomic E-state index is 14.0. The maximum atomic E-state index is 14.0. The second kappa shape index (κ2) is 15.1. The molecule has 14 heteroatoms. The molecule has 3 amide bonds. The lowest BCUT2D eigenvalue weighted by Gasteiger charge is -2.39. The van der Waals surface area contributed by atoms with Crippen LogP contribution in [0.15, 0.2) is 35.9 Å². The fourth-order valence-corrected chi connectivity index (χ4v) is 6.72. The van der Waals surface area contributed by atoms with Crippen molar-refractivity contribution in [1.29, 1.82) is 0 Å². The van der Waals surface area contributed by atoms with Gasteiger partial charge >= 0.3 is 12.1 Å². The van der Waals surface area contributed by atoms with E-state index in [-0.39, 0.29) is 36.6 Å². The van der Waals surface area contributed by atoms with Gasteiger partial charge in [-0.05, 0) is 50.6 Å². The molecular formula is C34H46ClN3O9S. The molecule has 0 aliphatic carbocycles. The molecule has 0 aromatic heterocycles. The van der Waals surface area contributed by atoms with Crippen LogP contribution in [0.5, 0.6) is 5.75 Å². The van der Waals surface area contributed by atoms with Crippen LogP contribution in [0.1, 0.15) is 58.9 Å². The Hall–Kier alpha value is -3.26. The van der Waals surface area contributed by atoms with Crippen LogP contribution in [0.4, 0.5) is 10.5 Å². The molecule has 3 aliphatic heterocycles. The Kier molecular flexibility index (Phi) is 11.8. The first-order valence-electron chi connectivity index (χ1n) is 15.9. The minimum atomic E-state index is -1.57. The minimum absolute atomic E-state index is 0.0776. The number of carbonyl (C=O) groups is 4. The maximum Gasteiger partial charge on any atom is 0.409 e. The van der Waals surface area contributed by atoms with Crippen molar-refractivity contribution in [3.8, 4) is 5.75 Å². The summed E-state index contributed by atoms with van der Waals surface area (Å²) in [5.41, 5.74) is -0.507. The van der Waals surface area contributed by atoms with Crippen LogP contribution >= 0.6 is 24.2 Å². The van der Waals surface area contributed by atoms with Gasteiger partial charge in [-0.2, -0.15) is 12.6 Å². The predicted molar refractivity (Wildman–Crippen MR) is 183 cm³/mol. The van der Waals surface area contributed by atoms with Gasteiger partial charge in [-0.1, -0.05) is 42.3 Å². The fraction of sp³-hybridized carbons (Fsp3) is 0.588. The third kappa shape index (κ3) is 8.30. The SMILES string of the molecule is COc1cc2cc(c1Cl)N(C)C(=O)C[C@H](OC(=O)[C@H](C)N(C)C(=O)CCS)[C@]1(C)O[C@H]1[C@H](C)[C@@H]1C[C@](O)(C/C=C/C=C(\C)C2)NC(=O)O1. The summed E-state index contributed by atoms with van der Waals surface area (Å²) in [5, 5.41) is 14.1. The van der Waals surface area contributed by atoms with E-state index in [0.29, 0.717) is 23.6 Å². The number of fused-ring (bicyclic) bond motifs is 5. The molecule has 2 saturated heterocycles. The summed E-state index contributed by atoms with van der Waals surface area (Å²) in [5.74, 6) is -1.17. The largest absolute Gasteiger partial charge is 0.495 e. The van der Waals surface area contributed by atoms with E-state index in [1.54, 1.807) is 33.0 Å². The summed E-state index contributed by atoms with van der Waals surface area (Å²) >= 11 is 10.8. The molecule has 2 fully saturated rings. The van der Waals surface area contributed by atoms with Crippen LogP contribution in [0, 0.1) is 5.92 Å². The highest BCUT2D eigenvalue weighted by molar-refractivity contribution is 7.80. The number of amides is 3. The van der Waals surface area contributed by atoms with Crippen LogP contribution < -0.4 is 15.0 Å². The van der Waals surface area contributed by atoms with Crippen molar-refractivity contribution in [2.75, 3.05) is 31.9 Å². The average Bonchev–Trinajstić information content (AvgIpc) is 3.73. The van der Waals surface area contributed by atoms with Crippen molar-refractivity contribution < 1.29 is 43.2 Å². The van der Waals surface area contributed by atoms with Gasteiger partial charge in [-0.3, -0.25) is 14.9 Å². The number of aliphatic hydroxyl groups is 1. The van der Waals surface area contributed by atoms with Gasteiger partial charge in [0.1, 0.15) is 40.3 Å². The number of anilines is 1. The van der Waals surface area contributed by atoms with Crippen LogP contribution in [-0.2, 0) is 35.0 Å². The van der Waals surface area contributed by atoms with Gasteiger partial charge in [-0.15, -0.1) is 0 Å². The van der Waals surface area contributed by atoms with Crippen LogP contribution in [0.3, 0.4) is 0 Å². The number of nitrogens with zero attached hydrogens (tertiary/aromatic N) is 2. The quantitative estimate of drug-likeness (QED) is 0.225. The fourth-order valence-electron chi connectivity index (χ4n) is 6.22. The highest BCUT2D eigenvalue weighted by Crippen LogP contribution is 2.49. The lowest BCUT2D eigenvalue weighted by atomic mass is 9.84. The molecular weight excluding hydrogens is 662 g/mol. The van der Waals surface area contributed by atoms with Gasteiger partial charge in [0.15, 0.2) is 0 Å². The smallest absolute Gasteiger partial charge is 0.409 e. The predicted octanol–water partition coefficient (Wildman–Crippen LogP) is 4.21. The number of hydrogen-bond acceptors (Lipinski definition) is 10. The van der Waals surface area contributed by atoms with Crippen molar-refractivity contribution in [3.05, 3.63) is 46.5 Å². The molecule has 3 heterocycles. The molecule has 4 bridgehead atoms. The van der Waals surface area contributed by atoms with E-state index in [9.17, 15) is 24.3 Å². The average molecular weight is 708 g/mol. The molecule has 264 valence electrons. The number of esters is 1. The number of nitrogens with one attached hydrogen (secondary N) is 1. The Morgan fingerprint density at radius 2 is 2.02 bits per heavy atom. The summed E-state index contributed by atoms with van der Waals surface area (Å²) < 4.78 is 23.3. The Morgan fingerprint density at radius 1 is 1.31 bits per heavy atom. The number of likely N-dealkylation sites (N-methyl/N-ethyl adjacent to an activating group) is 1. The minimum Gasteiger partial charge on any atom is -0.495 e. The monoisotopic (exact) mass is 707 g/mol. The van der Waals surface area contributed by atoms with Gasteiger partial charge < -0.3 is 33.9 Å². The normalized spacial score (nSPS) is 31.6. The number of epoxide rings is 1. The number of alkyl carbamates (subject to hydrolysis) is 1. The molecule has 7 atom stereocenters. The summed E-state index contributed by atoms with van der Waals surface area (Å²) in [7, 11) is 4.58. The number of carbonyl (C=O) groups excluding carboxylic acids is 4. The van der Waals surface area contributed by atoms with E-state index in [2.05, 4.69) is 17.9 Å². The topological polar surface area (TPSA) is 147 Å². The number of methoxy groups -OCH3 is 1. The van der Waals surface area contributed by atoms with Crippen molar-refractivity contribution in [2.24, 2.45) is 5.92 Å². The van der Waals surface area contributed by atoms with Gasteiger partial charge in [0.05, 0.1) is 25.3 Å². The summed E-state index contributed by atoms with van der Waals surface area (Å²) in [6, 6.07) is 2.65. The van der Waals surface area contributed by atoms with Gasteiger partial charge in [0.2, 0.25) is 11.8 Å². The van der Waals surface area contributed by atoms with E-state index >= 15 is 0 Å². The Morgan fingerprint density at radius 3 is 2.69 bits per heavy atom. The van der Waals surface area contributed by atoms with Crippen LogP contribution in [-0.4, -0.2) is 96.5 Å². The number of hydrogen-bond donors (Lipinski definition) is 3. The zero-order chi connectivity index (χ0) is 35.6. The van der Waals surface area contributed by atoms with E-state index in [4.69, 9.17) is 30.5 Å². The van der Waals surface area contributed by atoms with E-state index in [0.717, 1.165) is 11.1 Å². The van der Waals surface area contributed by atoms with Crippen LogP contribution in [0.2, 0.25) is 5.02 Å². The summed E-state index contributed by atoms with van der Waals surface area (Å²) in [6.45, 7) is 7.04. The molecule has 48 heavy (non-hydrogen) atoms. The van der Waals surface area contributed by atoms with Crippen molar-refractivity contribution in [2.45, 2.75) is 95.5 Å². The standard InChI is InChI=1S/C34H46ClN3O9S/c1-19-10-8-9-12-34(43)18-25(45-32(42)36-34)20(2)30-33(4,47-30)26(46-31(41)21(3)37(5)27(39)11-13-48)17-28(40)38(6)23-15-22(14-19)16-24(44-7)29(23)35/h8-10,15-16,20-21,25-26,30,43,48H,11-14,17-18H2,1-7H3,(H,36,42)/b9-8+,19-10+/t20-,21+,25+,26+,30+,33+,34-/m1/s1. The first-order chi connectivity index (χ1) is 22.5. The molecule has 0 spiro atoms. The Labute approximate surface area is 292 Å². The van der Waals surface area contributed by atoms with E-state index in [1.165, 1.54) is 24.0 Å². The molecule has 0 saturated carbocycles. The van der Waals surface area contributed by atoms with Crippen molar-refractivity contribution in [3.63, 3.8) is 0 Å². The third-order valence-electron chi connectivity index (χ3n) is 9.47. The lowest BCUT2D eigenvalue weighted by molar-refractivity contribution is -0.161. The number of halogens is 1. The molecule has 1 aromatic rings. The van der Waals surface area contributed by atoms with Gasteiger partial charge in [0.25, 0.3) is 0 Å². The highest BCUT2D eigenvalue weighted by atomic mass is 35.5. The molecule has 1 aromatic carbocycles. The molecule has 2 N–H and O–H groups in total. The van der Waals surface area contributed by atoms with Crippen molar-refractivity contribution >= 4 is 53.8 Å². The first kappa shape index (κ1) is 37.6. The summed E-state index contributed by atoms with van der Waals surface area (Å²) in [4.78, 5) is 55.3. The Balaban J connectivity index is 1.74. The van der Waals surface area contributed by atoms with E-state index in [1.807, 2.05) is 32.1 Å². The van der Waals surface area contributed by atoms with Gasteiger partial charge in [0, 0.05) is 39.3 Å². The number of rotatable bonds is 6. The number of ether oxygens (including phenoxy) is 4. The lowest BCUT2D eigenvalue weighted by Crippen LogP contribution is -2.57. The van der Waals surface area contributed by atoms with Crippen LogP contribution in [0.25, 0.3) is 0 Å². The Bertz CT molecular complexity index is 1490. The zero-order valence-corrected chi connectivity index (χ0v) is 30.1. The molecule has 0 radical (unpaired) electrons. The number of allylic oxidation sites excluding steroid dienone is 3. The molecule has 3 aliphatic rings. The third-order valence-corrected chi connectivity index (χ3v) is 10.1. The molecule has 12 nitrogen and oxygen atoms in total. The van der Waals surface area contributed by atoms with Crippen molar-refractivity contribution in [1.82, 2.24) is 10.2 Å². The first-order valence-corrected chi connectivity index (χ1v) is 17.0.